The van der Waals surface area contributed by atoms with E-state index in [-0.39, 0.29) is 4.46 Å². The fourth-order valence-electron chi connectivity index (χ4n) is 1.58. The van der Waals surface area contributed by atoms with E-state index in [0.29, 0.717) is 0 Å². The van der Waals surface area contributed by atoms with Crippen LogP contribution in [0.15, 0.2) is 24.8 Å². The average molecular weight is 245 g/mol. The highest BCUT2D eigenvalue weighted by molar-refractivity contribution is 6.76. The second-order valence-electron chi connectivity index (χ2n) is 3.14. The molecule has 0 heterocycles. The van der Waals surface area contributed by atoms with Gasteiger partial charge in [0.05, 0.1) is 14.0 Å². The van der Waals surface area contributed by atoms with Gasteiger partial charge in [-0.2, -0.15) is 0 Å². The average Bonchev–Trinajstić information content (AvgIpc) is 2.17. The van der Waals surface area contributed by atoms with Crippen LogP contribution in [0.2, 0.25) is 0 Å². The van der Waals surface area contributed by atoms with Gasteiger partial charge in [-0.25, -0.2) is 0 Å². The minimum absolute atomic E-state index is 0.207. The molecule has 0 aliphatic rings. The van der Waals surface area contributed by atoms with Crippen LogP contribution in [0.4, 0.5) is 0 Å². The maximum absolute atomic E-state index is 5.86. The van der Waals surface area contributed by atoms with Crippen LogP contribution in [0.25, 0.3) is 6.08 Å². The summed E-state index contributed by atoms with van der Waals surface area (Å²) in [5, 5.41) is 1.36. The summed E-state index contributed by atoms with van der Waals surface area (Å²) in [7, 11) is -0.597. The summed E-state index contributed by atoms with van der Waals surface area (Å²) in [5.41, 5.74) is 2.56. The third kappa shape index (κ3) is 2.87. The summed E-state index contributed by atoms with van der Waals surface area (Å²) in [5.74, 6) is 0. The van der Waals surface area contributed by atoms with Gasteiger partial charge in [0.25, 0.3) is 0 Å². The maximum Gasteiger partial charge on any atom is 0.0957 e. The molecule has 0 spiro atoms. The van der Waals surface area contributed by atoms with Crippen molar-refractivity contribution in [3.63, 3.8) is 0 Å². The molecular formula is C11H14Cl2Si. The molecule has 0 bridgehead atoms. The second kappa shape index (κ2) is 5.59. The van der Waals surface area contributed by atoms with Gasteiger partial charge in [0, 0.05) is 0 Å². The molecule has 0 amide bonds. The zero-order chi connectivity index (χ0) is 10.6. The molecule has 0 N–H and O–H groups in total. The molecule has 0 fully saturated rings. The summed E-state index contributed by atoms with van der Waals surface area (Å²) in [6.45, 7) is 5.96. The summed E-state index contributed by atoms with van der Waals surface area (Å²) < 4.78 is -0.207. The van der Waals surface area contributed by atoms with E-state index in [2.05, 4.69) is 31.7 Å². The Morgan fingerprint density at radius 1 is 1.50 bits per heavy atom. The van der Waals surface area contributed by atoms with Crippen LogP contribution in [0.5, 0.6) is 0 Å². The second-order valence-corrected chi connectivity index (χ2v) is 7.38. The number of hydrogen-bond donors (Lipinski definition) is 0. The summed E-state index contributed by atoms with van der Waals surface area (Å²) >= 11 is 11.7. The van der Waals surface area contributed by atoms with Crippen molar-refractivity contribution in [2.75, 3.05) is 0 Å². The number of hydrogen-bond acceptors (Lipinski definition) is 0. The summed E-state index contributed by atoms with van der Waals surface area (Å²) in [4.78, 5) is 0. The third-order valence-electron chi connectivity index (χ3n) is 2.27. The largest absolute Gasteiger partial charge is 0.110 e. The molecule has 0 radical (unpaired) electrons. The van der Waals surface area contributed by atoms with Crippen LogP contribution in [-0.4, -0.2) is 14.0 Å². The van der Waals surface area contributed by atoms with Crippen molar-refractivity contribution in [1.29, 1.82) is 0 Å². The lowest BCUT2D eigenvalue weighted by Crippen LogP contribution is -2.26. The highest BCUT2D eigenvalue weighted by atomic mass is 35.5. The van der Waals surface area contributed by atoms with Gasteiger partial charge in [-0.3, -0.25) is 0 Å². The van der Waals surface area contributed by atoms with Gasteiger partial charge in [0.15, 0.2) is 0 Å². The van der Waals surface area contributed by atoms with Crippen molar-refractivity contribution in [2.45, 2.75) is 17.8 Å². The van der Waals surface area contributed by atoms with Crippen LogP contribution >= 0.6 is 23.2 Å². The molecular weight excluding hydrogens is 231 g/mol. The molecule has 14 heavy (non-hydrogen) atoms. The molecule has 1 aromatic rings. The van der Waals surface area contributed by atoms with E-state index in [1.54, 1.807) is 0 Å². The van der Waals surface area contributed by atoms with Gasteiger partial charge in [0.1, 0.15) is 0 Å². The molecule has 0 aliphatic heterocycles. The van der Waals surface area contributed by atoms with E-state index >= 15 is 0 Å². The molecule has 1 rings (SSSR count). The van der Waals surface area contributed by atoms with Crippen LogP contribution in [0.3, 0.4) is 0 Å². The molecule has 1 aromatic carbocycles. The molecule has 76 valence electrons. The lowest BCUT2D eigenvalue weighted by Gasteiger charge is -2.11. The molecule has 0 atom stereocenters. The van der Waals surface area contributed by atoms with E-state index in [1.807, 2.05) is 6.08 Å². The van der Waals surface area contributed by atoms with Crippen molar-refractivity contribution in [1.82, 2.24) is 0 Å². The molecule has 3 heteroatoms. The zero-order valence-electron chi connectivity index (χ0n) is 8.26. The Bertz CT molecular complexity index is 321. The number of alkyl halides is 2. The van der Waals surface area contributed by atoms with Gasteiger partial charge in [-0.1, -0.05) is 43.0 Å². The van der Waals surface area contributed by atoms with Gasteiger partial charge in [0.2, 0.25) is 0 Å². The standard InChI is InChI=1S/C11H14Cl2Si/c1-3-8-6-5-7-9(4-2)10(8)14-11(12)13/h3,5-7,11H,1,4,14H2,2H3. The van der Waals surface area contributed by atoms with E-state index < -0.39 is 9.52 Å². The molecule has 0 aliphatic carbocycles. The molecule has 0 nitrogen and oxygen atoms in total. The maximum atomic E-state index is 5.86. The lowest BCUT2D eigenvalue weighted by atomic mass is 10.1. The first-order valence-electron chi connectivity index (χ1n) is 4.70. The Morgan fingerprint density at radius 2 is 2.21 bits per heavy atom. The van der Waals surface area contributed by atoms with Crippen LogP contribution < -0.4 is 5.19 Å². The minimum Gasteiger partial charge on any atom is -0.110 e. The van der Waals surface area contributed by atoms with Crippen LogP contribution in [-0.2, 0) is 6.42 Å². The Hall–Kier alpha value is -0.243. The molecule has 0 aromatic heterocycles. The SMILES string of the molecule is C=Cc1cccc(CC)c1[SiH2]C(Cl)Cl. The molecule has 0 saturated heterocycles. The highest BCUT2D eigenvalue weighted by Crippen LogP contribution is 2.08. The fourth-order valence-corrected chi connectivity index (χ4v) is 3.94. The predicted molar refractivity (Wildman–Crippen MR) is 69.6 cm³/mol. The Morgan fingerprint density at radius 3 is 2.71 bits per heavy atom. The van der Waals surface area contributed by atoms with E-state index in [4.69, 9.17) is 23.2 Å². The van der Waals surface area contributed by atoms with Crippen molar-refractivity contribution in [3.05, 3.63) is 35.9 Å². The first-order chi connectivity index (χ1) is 6.69. The van der Waals surface area contributed by atoms with Gasteiger partial charge in [-0.15, -0.1) is 23.2 Å². The first kappa shape index (κ1) is 11.8. The van der Waals surface area contributed by atoms with Gasteiger partial charge >= 0.3 is 0 Å². The van der Waals surface area contributed by atoms with Crippen molar-refractivity contribution in [2.24, 2.45) is 0 Å². The monoisotopic (exact) mass is 244 g/mol. The number of aryl methyl sites for hydroxylation is 1. The van der Waals surface area contributed by atoms with Crippen LogP contribution in [0, 0.1) is 0 Å². The molecule has 0 unspecified atom stereocenters. The Balaban J connectivity index is 3.12. The topological polar surface area (TPSA) is 0 Å². The van der Waals surface area contributed by atoms with E-state index in [0.717, 1.165) is 6.42 Å². The van der Waals surface area contributed by atoms with Crippen LogP contribution in [0.1, 0.15) is 18.1 Å². The number of halogens is 2. The fraction of sp³-hybridized carbons (Fsp3) is 0.273. The highest BCUT2D eigenvalue weighted by Gasteiger charge is 2.09. The predicted octanol–water partition coefficient (Wildman–Crippen LogP) is 2.45. The minimum atomic E-state index is -0.597. The van der Waals surface area contributed by atoms with E-state index in [1.165, 1.54) is 16.3 Å². The van der Waals surface area contributed by atoms with E-state index in [9.17, 15) is 0 Å². The lowest BCUT2D eigenvalue weighted by molar-refractivity contribution is 1.15. The third-order valence-corrected chi connectivity index (χ3v) is 4.77. The normalized spacial score (nSPS) is 11.4. The Labute approximate surface area is 97.7 Å². The smallest absolute Gasteiger partial charge is 0.0957 e. The quantitative estimate of drug-likeness (QED) is 0.564. The first-order valence-corrected chi connectivity index (χ1v) is 7.10. The summed E-state index contributed by atoms with van der Waals surface area (Å²) in [6.07, 6.45) is 2.92. The number of rotatable bonds is 4. The molecule has 0 saturated carbocycles. The van der Waals surface area contributed by atoms with Crippen molar-refractivity contribution < 1.29 is 0 Å². The zero-order valence-corrected chi connectivity index (χ0v) is 11.2. The number of benzene rings is 1. The summed E-state index contributed by atoms with van der Waals surface area (Å²) in [6, 6.07) is 6.28. The Kier molecular flexibility index (Phi) is 4.73. The van der Waals surface area contributed by atoms with Gasteiger partial charge < -0.3 is 0 Å². The van der Waals surface area contributed by atoms with Crippen molar-refractivity contribution in [3.8, 4) is 0 Å². The van der Waals surface area contributed by atoms with Crippen molar-refractivity contribution >= 4 is 44.0 Å². The van der Waals surface area contributed by atoms with Gasteiger partial charge in [-0.05, 0) is 17.5 Å².